The smallest absolute Gasteiger partial charge is 0.228 e. The zero-order valence-corrected chi connectivity index (χ0v) is 14.1. The predicted octanol–water partition coefficient (Wildman–Crippen LogP) is 3.61. The molecular weight excluding hydrogens is 344 g/mol. The summed E-state index contributed by atoms with van der Waals surface area (Å²) >= 11 is 3.43. The van der Waals surface area contributed by atoms with Crippen LogP contribution in [0, 0.1) is 0 Å². The molecule has 4 nitrogen and oxygen atoms in total. The van der Waals surface area contributed by atoms with E-state index in [0.717, 1.165) is 15.7 Å². The average Bonchev–Trinajstić information content (AvgIpc) is 2.49. The number of amides is 2. The second-order valence-corrected chi connectivity index (χ2v) is 5.80. The second-order valence-electron chi connectivity index (χ2n) is 4.94. The third kappa shape index (κ3) is 4.18. The first-order valence-corrected chi connectivity index (χ1v) is 7.64. The maximum atomic E-state index is 12.1. The fourth-order valence-electron chi connectivity index (χ4n) is 1.97. The highest BCUT2D eigenvalue weighted by molar-refractivity contribution is 9.10. The zero-order chi connectivity index (χ0) is 16.1. The van der Waals surface area contributed by atoms with Gasteiger partial charge < -0.3 is 10.2 Å². The molecule has 0 fully saturated rings. The Morgan fingerprint density at radius 3 is 2.32 bits per heavy atom. The van der Waals surface area contributed by atoms with Crippen molar-refractivity contribution in [3.63, 3.8) is 0 Å². The number of anilines is 2. The van der Waals surface area contributed by atoms with Gasteiger partial charge in [0.15, 0.2) is 0 Å². The summed E-state index contributed by atoms with van der Waals surface area (Å²) < 4.78 is 0.920. The maximum absolute atomic E-state index is 12.1. The summed E-state index contributed by atoms with van der Waals surface area (Å²) in [7, 11) is 1.71. The molecule has 0 saturated carbocycles. The number of nitrogens with zero attached hydrogens (tertiary/aromatic N) is 1. The summed E-state index contributed by atoms with van der Waals surface area (Å²) in [5.74, 6) is -0.120. The van der Waals surface area contributed by atoms with Crippen LogP contribution in [-0.4, -0.2) is 18.9 Å². The van der Waals surface area contributed by atoms with Gasteiger partial charge in [-0.05, 0) is 35.9 Å². The minimum absolute atomic E-state index is 0.0364. The van der Waals surface area contributed by atoms with Crippen LogP contribution in [-0.2, 0) is 16.0 Å². The van der Waals surface area contributed by atoms with Crippen LogP contribution in [0.15, 0.2) is 53.0 Å². The lowest BCUT2D eigenvalue weighted by Crippen LogP contribution is -2.22. The van der Waals surface area contributed by atoms with Gasteiger partial charge in [0.2, 0.25) is 11.8 Å². The van der Waals surface area contributed by atoms with Crippen LogP contribution in [0.25, 0.3) is 0 Å². The highest BCUT2D eigenvalue weighted by Gasteiger charge is 2.08. The predicted molar refractivity (Wildman–Crippen MR) is 92.0 cm³/mol. The normalized spacial score (nSPS) is 10.1. The number of halogens is 1. The molecular formula is C17H17BrN2O2. The van der Waals surface area contributed by atoms with Crippen molar-refractivity contribution in [2.45, 2.75) is 13.3 Å². The summed E-state index contributed by atoms with van der Waals surface area (Å²) in [6.45, 7) is 1.51. The zero-order valence-electron chi connectivity index (χ0n) is 12.5. The van der Waals surface area contributed by atoms with Crippen molar-refractivity contribution >= 4 is 39.1 Å². The molecule has 0 atom stereocenters. The fraction of sp³-hybridized carbons (Fsp3) is 0.176. The van der Waals surface area contributed by atoms with Crippen LogP contribution >= 0.6 is 15.9 Å². The fourth-order valence-corrected chi connectivity index (χ4v) is 2.40. The van der Waals surface area contributed by atoms with E-state index in [0.29, 0.717) is 12.1 Å². The van der Waals surface area contributed by atoms with Gasteiger partial charge in [0.1, 0.15) is 0 Å². The molecule has 0 aliphatic carbocycles. The third-order valence-corrected chi connectivity index (χ3v) is 4.09. The van der Waals surface area contributed by atoms with Crippen molar-refractivity contribution in [1.82, 2.24) is 0 Å². The van der Waals surface area contributed by atoms with E-state index in [1.807, 2.05) is 24.3 Å². The van der Waals surface area contributed by atoms with Gasteiger partial charge in [0.05, 0.1) is 6.42 Å². The van der Waals surface area contributed by atoms with Crippen LogP contribution in [0.3, 0.4) is 0 Å². The molecule has 0 saturated heterocycles. The molecule has 2 aromatic carbocycles. The summed E-state index contributed by atoms with van der Waals surface area (Å²) in [4.78, 5) is 24.9. The number of rotatable bonds is 4. The number of nitrogens with one attached hydrogen (secondary N) is 1. The van der Waals surface area contributed by atoms with Gasteiger partial charge in [-0.15, -0.1) is 0 Å². The molecule has 0 spiro atoms. The molecule has 0 heterocycles. The van der Waals surface area contributed by atoms with Gasteiger partial charge in [0.25, 0.3) is 0 Å². The monoisotopic (exact) mass is 360 g/mol. The van der Waals surface area contributed by atoms with Crippen molar-refractivity contribution in [2.24, 2.45) is 0 Å². The number of carbonyl (C=O) groups excluding carboxylic acids is 2. The molecule has 0 radical (unpaired) electrons. The molecule has 2 rings (SSSR count). The van der Waals surface area contributed by atoms with Gasteiger partial charge in [-0.3, -0.25) is 9.59 Å². The maximum Gasteiger partial charge on any atom is 0.228 e. The summed E-state index contributed by atoms with van der Waals surface area (Å²) in [6, 6.07) is 14.8. The Kier molecular flexibility index (Phi) is 5.33. The molecule has 22 heavy (non-hydrogen) atoms. The lowest BCUT2D eigenvalue weighted by atomic mass is 10.1. The summed E-state index contributed by atoms with van der Waals surface area (Å²) in [5.41, 5.74) is 2.43. The molecule has 1 N–H and O–H groups in total. The first kappa shape index (κ1) is 16.2. The third-order valence-electron chi connectivity index (χ3n) is 3.32. The average molecular weight is 361 g/mol. The van der Waals surface area contributed by atoms with E-state index >= 15 is 0 Å². The molecule has 5 heteroatoms. The van der Waals surface area contributed by atoms with E-state index in [2.05, 4.69) is 21.2 Å². The largest absolute Gasteiger partial charge is 0.326 e. The Bertz CT molecular complexity index is 683. The number of benzene rings is 2. The van der Waals surface area contributed by atoms with E-state index in [1.165, 1.54) is 6.92 Å². The number of hydrogen-bond donors (Lipinski definition) is 1. The minimum Gasteiger partial charge on any atom is -0.326 e. The lowest BCUT2D eigenvalue weighted by molar-refractivity contribution is -0.116. The van der Waals surface area contributed by atoms with Gasteiger partial charge in [-0.2, -0.15) is 0 Å². The molecule has 0 aliphatic rings. The molecule has 2 aromatic rings. The van der Waals surface area contributed by atoms with Crippen molar-refractivity contribution in [2.75, 3.05) is 17.3 Å². The summed E-state index contributed by atoms with van der Waals surface area (Å²) in [6.07, 6.45) is 0.302. The first-order chi connectivity index (χ1) is 10.5. The molecule has 0 aromatic heterocycles. The lowest BCUT2D eigenvalue weighted by Gasteiger charge is -2.15. The van der Waals surface area contributed by atoms with E-state index in [-0.39, 0.29) is 11.8 Å². The molecule has 0 bridgehead atoms. The Morgan fingerprint density at radius 2 is 1.73 bits per heavy atom. The Balaban J connectivity index is 2.00. The molecule has 2 amide bonds. The van der Waals surface area contributed by atoms with Crippen LogP contribution in [0.1, 0.15) is 12.5 Å². The Labute approximate surface area is 138 Å². The summed E-state index contributed by atoms with van der Waals surface area (Å²) in [5, 5.41) is 2.85. The van der Waals surface area contributed by atoms with Crippen LogP contribution in [0.2, 0.25) is 0 Å². The second kappa shape index (κ2) is 7.22. The molecule has 114 valence electrons. The van der Waals surface area contributed by atoms with Crippen molar-refractivity contribution in [3.05, 3.63) is 58.6 Å². The molecule has 0 unspecified atom stereocenters. The van der Waals surface area contributed by atoms with Gasteiger partial charge in [-0.25, -0.2) is 0 Å². The number of hydrogen-bond acceptors (Lipinski definition) is 2. The van der Waals surface area contributed by atoms with E-state index in [1.54, 1.807) is 36.2 Å². The Hall–Kier alpha value is -2.14. The van der Waals surface area contributed by atoms with Gasteiger partial charge in [0, 0.05) is 29.8 Å². The SMILES string of the molecule is CC(=O)N(C)c1ccc(NC(=O)Cc2ccccc2Br)cc1. The van der Waals surface area contributed by atoms with Crippen molar-refractivity contribution < 1.29 is 9.59 Å². The van der Waals surface area contributed by atoms with E-state index in [4.69, 9.17) is 0 Å². The van der Waals surface area contributed by atoms with Crippen molar-refractivity contribution in [3.8, 4) is 0 Å². The van der Waals surface area contributed by atoms with Gasteiger partial charge >= 0.3 is 0 Å². The highest BCUT2D eigenvalue weighted by Crippen LogP contribution is 2.19. The first-order valence-electron chi connectivity index (χ1n) is 6.85. The standard InChI is InChI=1S/C17H17BrN2O2/c1-12(21)20(2)15-9-7-14(8-10-15)19-17(22)11-13-5-3-4-6-16(13)18/h3-10H,11H2,1-2H3,(H,19,22). The van der Waals surface area contributed by atoms with Crippen LogP contribution < -0.4 is 10.2 Å². The highest BCUT2D eigenvalue weighted by atomic mass is 79.9. The van der Waals surface area contributed by atoms with Crippen molar-refractivity contribution in [1.29, 1.82) is 0 Å². The van der Waals surface area contributed by atoms with Crippen LogP contribution in [0.4, 0.5) is 11.4 Å². The van der Waals surface area contributed by atoms with E-state index < -0.39 is 0 Å². The molecule has 0 aliphatic heterocycles. The van der Waals surface area contributed by atoms with Gasteiger partial charge in [-0.1, -0.05) is 34.1 Å². The minimum atomic E-state index is -0.0837. The van der Waals surface area contributed by atoms with E-state index in [9.17, 15) is 9.59 Å². The van der Waals surface area contributed by atoms with Crippen LogP contribution in [0.5, 0.6) is 0 Å². The Morgan fingerprint density at radius 1 is 1.09 bits per heavy atom. The topological polar surface area (TPSA) is 49.4 Å². The quantitative estimate of drug-likeness (QED) is 0.905. The number of carbonyl (C=O) groups is 2.